The molecule has 3 aromatic heterocycles. The number of methoxy groups -OCH3 is 1. The number of carbonyl (C=O) groups is 1. The van der Waals surface area contributed by atoms with Gasteiger partial charge in [-0.05, 0) is 18.2 Å². The second kappa shape index (κ2) is 6.17. The molecule has 0 spiro atoms. The Kier molecular flexibility index (Phi) is 3.90. The van der Waals surface area contributed by atoms with Crippen LogP contribution in [0.5, 0.6) is 0 Å². The Hall–Kier alpha value is -3.03. The molecular formula is C14H14N6O2. The monoisotopic (exact) mass is 298 g/mol. The van der Waals surface area contributed by atoms with E-state index in [-0.39, 0.29) is 5.69 Å². The van der Waals surface area contributed by atoms with Crippen LogP contribution in [0.3, 0.4) is 0 Å². The Bertz CT molecular complexity index is 748. The first-order valence-corrected chi connectivity index (χ1v) is 6.68. The Morgan fingerprint density at radius 3 is 2.82 bits per heavy atom. The van der Waals surface area contributed by atoms with E-state index in [0.29, 0.717) is 12.2 Å². The summed E-state index contributed by atoms with van der Waals surface area (Å²) in [6.45, 7) is 1.39. The lowest BCUT2D eigenvalue weighted by Crippen LogP contribution is -2.08. The van der Waals surface area contributed by atoms with E-state index in [0.717, 1.165) is 12.1 Å². The number of esters is 1. The summed E-state index contributed by atoms with van der Waals surface area (Å²) < 4.78 is 8.18. The van der Waals surface area contributed by atoms with Gasteiger partial charge in [-0.25, -0.2) is 9.78 Å². The first kappa shape index (κ1) is 13.9. The first-order valence-electron chi connectivity index (χ1n) is 6.68. The zero-order valence-electron chi connectivity index (χ0n) is 12.0. The molecule has 0 saturated heterocycles. The highest BCUT2D eigenvalue weighted by Crippen LogP contribution is 2.15. The molecule has 0 aliphatic heterocycles. The fraction of sp³-hybridized carbons (Fsp3) is 0.214. The van der Waals surface area contributed by atoms with E-state index in [1.54, 1.807) is 29.2 Å². The van der Waals surface area contributed by atoms with Gasteiger partial charge in [-0.1, -0.05) is 5.21 Å². The Morgan fingerprint density at radius 1 is 1.27 bits per heavy atom. The Balaban J connectivity index is 1.69. The second-order valence-electron chi connectivity index (χ2n) is 4.56. The first-order chi connectivity index (χ1) is 10.8. The van der Waals surface area contributed by atoms with Crippen molar-refractivity contribution in [3.63, 3.8) is 0 Å². The lowest BCUT2D eigenvalue weighted by Gasteiger charge is -2.00. The summed E-state index contributed by atoms with van der Waals surface area (Å²) in [6, 6.07) is 5.24. The SMILES string of the molecule is COC(=O)c1ccc(-c2cn(CCn3cccn3)nn2)cn1. The molecular weight excluding hydrogens is 284 g/mol. The van der Waals surface area contributed by atoms with Gasteiger partial charge < -0.3 is 4.74 Å². The maximum Gasteiger partial charge on any atom is 0.356 e. The van der Waals surface area contributed by atoms with Gasteiger partial charge in [0.1, 0.15) is 11.4 Å². The number of hydrogen-bond donors (Lipinski definition) is 0. The Morgan fingerprint density at radius 2 is 2.14 bits per heavy atom. The van der Waals surface area contributed by atoms with Crippen molar-refractivity contribution in [3.8, 4) is 11.3 Å². The normalized spacial score (nSPS) is 10.6. The van der Waals surface area contributed by atoms with Crippen LogP contribution in [0.4, 0.5) is 0 Å². The molecule has 0 amide bonds. The van der Waals surface area contributed by atoms with Crippen LogP contribution >= 0.6 is 0 Å². The van der Waals surface area contributed by atoms with Gasteiger partial charge in [0, 0.05) is 24.2 Å². The van der Waals surface area contributed by atoms with Crippen molar-refractivity contribution in [2.45, 2.75) is 13.1 Å². The maximum atomic E-state index is 11.3. The summed E-state index contributed by atoms with van der Waals surface area (Å²) in [5.74, 6) is -0.463. The van der Waals surface area contributed by atoms with Crippen LogP contribution in [0.2, 0.25) is 0 Å². The third-order valence-corrected chi connectivity index (χ3v) is 3.11. The average Bonchev–Trinajstić information content (AvgIpc) is 3.24. The van der Waals surface area contributed by atoms with Gasteiger partial charge in [0.2, 0.25) is 0 Å². The van der Waals surface area contributed by atoms with Gasteiger partial charge in [-0.15, -0.1) is 5.10 Å². The number of nitrogens with zero attached hydrogens (tertiary/aromatic N) is 6. The highest BCUT2D eigenvalue weighted by Gasteiger charge is 2.09. The van der Waals surface area contributed by atoms with Gasteiger partial charge in [-0.2, -0.15) is 5.10 Å². The van der Waals surface area contributed by atoms with Crippen molar-refractivity contribution >= 4 is 5.97 Å². The molecule has 0 radical (unpaired) electrons. The number of aryl methyl sites for hydroxylation is 2. The minimum absolute atomic E-state index is 0.261. The van der Waals surface area contributed by atoms with Crippen LogP contribution in [-0.2, 0) is 17.8 Å². The average molecular weight is 298 g/mol. The lowest BCUT2D eigenvalue weighted by molar-refractivity contribution is 0.0594. The van der Waals surface area contributed by atoms with Gasteiger partial charge >= 0.3 is 5.97 Å². The summed E-state index contributed by atoms with van der Waals surface area (Å²) in [5, 5.41) is 12.3. The predicted molar refractivity (Wildman–Crippen MR) is 76.8 cm³/mol. The number of carbonyl (C=O) groups excluding carboxylic acids is 1. The summed E-state index contributed by atoms with van der Waals surface area (Å²) >= 11 is 0. The van der Waals surface area contributed by atoms with Crippen LogP contribution in [-0.4, -0.2) is 42.8 Å². The highest BCUT2D eigenvalue weighted by atomic mass is 16.5. The molecule has 0 aliphatic rings. The van der Waals surface area contributed by atoms with Crippen molar-refractivity contribution in [3.05, 3.63) is 48.7 Å². The fourth-order valence-electron chi connectivity index (χ4n) is 1.95. The molecule has 0 saturated carbocycles. The van der Waals surface area contributed by atoms with E-state index in [4.69, 9.17) is 0 Å². The maximum absolute atomic E-state index is 11.3. The molecule has 8 nitrogen and oxygen atoms in total. The molecule has 0 atom stereocenters. The molecule has 3 heterocycles. The van der Waals surface area contributed by atoms with E-state index in [2.05, 4.69) is 25.1 Å². The van der Waals surface area contributed by atoms with Gasteiger partial charge in [0.25, 0.3) is 0 Å². The molecule has 3 aromatic rings. The Labute approximate surface area is 126 Å². The zero-order chi connectivity index (χ0) is 15.4. The zero-order valence-corrected chi connectivity index (χ0v) is 12.0. The lowest BCUT2D eigenvalue weighted by atomic mass is 10.2. The largest absolute Gasteiger partial charge is 0.464 e. The van der Waals surface area contributed by atoms with Gasteiger partial charge in [0.05, 0.1) is 26.4 Å². The number of pyridine rings is 1. The van der Waals surface area contributed by atoms with E-state index in [1.807, 2.05) is 23.1 Å². The van der Waals surface area contributed by atoms with Crippen LogP contribution in [0.15, 0.2) is 43.0 Å². The molecule has 112 valence electrons. The van der Waals surface area contributed by atoms with Crippen LogP contribution in [0, 0.1) is 0 Å². The number of aromatic nitrogens is 6. The fourth-order valence-corrected chi connectivity index (χ4v) is 1.95. The molecule has 0 aromatic carbocycles. The van der Waals surface area contributed by atoms with Crippen LogP contribution < -0.4 is 0 Å². The molecule has 0 bridgehead atoms. The van der Waals surface area contributed by atoms with Crippen LogP contribution in [0.1, 0.15) is 10.5 Å². The quantitative estimate of drug-likeness (QED) is 0.654. The molecule has 8 heteroatoms. The molecule has 0 unspecified atom stereocenters. The van der Waals surface area contributed by atoms with Crippen LogP contribution in [0.25, 0.3) is 11.3 Å². The topological polar surface area (TPSA) is 87.7 Å². The summed E-state index contributed by atoms with van der Waals surface area (Å²) in [7, 11) is 1.32. The summed E-state index contributed by atoms with van der Waals surface area (Å²) in [6.07, 6.45) is 7.04. The molecule has 0 N–H and O–H groups in total. The smallest absolute Gasteiger partial charge is 0.356 e. The van der Waals surface area contributed by atoms with Gasteiger partial charge in [0.15, 0.2) is 0 Å². The molecule has 22 heavy (non-hydrogen) atoms. The van der Waals surface area contributed by atoms with Crippen molar-refractivity contribution < 1.29 is 9.53 Å². The summed E-state index contributed by atoms with van der Waals surface area (Å²) in [5.41, 5.74) is 1.75. The minimum atomic E-state index is -0.463. The third kappa shape index (κ3) is 3.00. The minimum Gasteiger partial charge on any atom is -0.464 e. The van der Waals surface area contributed by atoms with Crippen molar-refractivity contribution in [2.75, 3.05) is 7.11 Å². The van der Waals surface area contributed by atoms with Crippen molar-refractivity contribution in [1.82, 2.24) is 29.8 Å². The molecule has 3 rings (SSSR count). The standard InChI is InChI=1S/C14H14N6O2/c1-22-14(21)12-4-3-11(9-15-12)13-10-20(18-17-13)8-7-19-6-2-5-16-19/h2-6,9-10H,7-8H2,1H3. The van der Waals surface area contributed by atoms with Gasteiger partial charge in [-0.3, -0.25) is 9.36 Å². The van der Waals surface area contributed by atoms with E-state index >= 15 is 0 Å². The number of hydrogen-bond acceptors (Lipinski definition) is 6. The third-order valence-electron chi connectivity index (χ3n) is 3.11. The molecule has 0 aliphatic carbocycles. The van der Waals surface area contributed by atoms with E-state index in [9.17, 15) is 4.79 Å². The van der Waals surface area contributed by atoms with E-state index in [1.165, 1.54) is 7.11 Å². The number of rotatable bonds is 5. The van der Waals surface area contributed by atoms with E-state index < -0.39 is 5.97 Å². The summed E-state index contributed by atoms with van der Waals surface area (Å²) in [4.78, 5) is 15.4. The number of ether oxygens (including phenoxy) is 1. The second-order valence-corrected chi connectivity index (χ2v) is 4.56. The predicted octanol–water partition coefficient (Wildman–Crippen LogP) is 1.02. The highest BCUT2D eigenvalue weighted by molar-refractivity contribution is 5.87. The van der Waals surface area contributed by atoms with Crippen molar-refractivity contribution in [2.24, 2.45) is 0 Å². The van der Waals surface area contributed by atoms with Crippen molar-refractivity contribution in [1.29, 1.82) is 0 Å². The molecule has 0 fully saturated rings.